The van der Waals surface area contributed by atoms with Gasteiger partial charge in [-0.05, 0) is 0 Å². The summed E-state index contributed by atoms with van der Waals surface area (Å²) in [5.74, 6) is 0. The van der Waals surface area contributed by atoms with Gasteiger partial charge in [-0.15, -0.1) is 0 Å². The zero-order valence-electron chi connectivity index (χ0n) is 9.74. The second kappa shape index (κ2) is 8.00. The van der Waals surface area contributed by atoms with Gasteiger partial charge in [0.05, 0.1) is 0 Å². The van der Waals surface area contributed by atoms with E-state index in [0.717, 1.165) is 0 Å². The molecule has 0 heterocycles. The van der Waals surface area contributed by atoms with Crippen molar-refractivity contribution in [2.75, 3.05) is 0 Å². The van der Waals surface area contributed by atoms with Crippen molar-refractivity contribution >= 4 is 27.1 Å². The van der Waals surface area contributed by atoms with Gasteiger partial charge in [-0.1, -0.05) is 63.2 Å². The molecule has 0 nitrogen and oxygen atoms in total. The van der Waals surface area contributed by atoms with E-state index in [1.165, 1.54) is 44.0 Å². The molecule has 0 fully saturated rings. The summed E-state index contributed by atoms with van der Waals surface area (Å²) in [6, 6.07) is 6.10. The first-order valence-corrected chi connectivity index (χ1v) is 12.2. The molecule has 0 saturated carbocycles. The van der Waals surface area contributed by atoms with Crippen LogP contribution in [0, 0.1) is 0 Å². The highest BCUT2D eigenvalue weighted by Crippen LogP contribution is 2.21. The molecule has 0 aromatic carbocycles. The summed E-state index contributed by atoms with van der Waals surface area (Å²) in [5.41, 5.74) is 0. The third-order valence-electron chi connectivity index (χ3n) is 2.56. The second-order valence-electron chi connectivity index (χ2n) is 4.58. The van der Waals surface area contributed by atoms with Gasteiger partial charge in [0.15, 0.2) is 0 Å². The normalized spacial score (nSPS) is 12.0. The zero-order valence-corrected chi connectivity index (χ0v) is 12.7. The molecule has 13 heavy (non-hydrogen) atoms. The molecule has 0 atom stereocenters. The Morgan fingerprint density at radius 2 is 1.23 bits per heavy atom. The molecular formula is C10H24Si3. The summed E-state index contributed by atoms with van der Waals surface area (Å²) in [6.45, 7) is 9.80. The fraction of sp³-hybridized carbons (Fsp3) is 1.00. The van der Waals surface area contributed by atoms with Gasteiger partial charge in [0, 0.05) is 27.1 Å². The van der Waals surface area contributed by atoms with E-state index in [4.69, 9.17) is 0 Å². The van der Waals surface area contributed by atoms with Crippen molar-refractivity contribution in [3.63, 3.8) is 0 Å². The molecule has 0 bridgehead atoms. The largest absolute Gasteiger partial charge is 0.0733 e. The van der Waals surface area contributed by atoms with Crippen LogP contribution in [0.5, 0.6) is 0 Å². The molecule has 0 saturated heterocycles. The van der Waals surface area contributed by atoms with Gasteiger partial charge in [0.25, 0.3) is 0 Å². The van der Waals surface area contributed by atoms with Crippen LogP contribution in [-0.4, -0.2) is 27.1 Å². The number of hydrogen-bond donors (Lipinski definition) is 0. The molecule has 0 N–H and O–H groups in total. The van der Waals surface area contributed by atoms with E-state index >= 15 is 0 Å². The first-order valence-electron chi connectivity index (χ1n) is 5.41. The van der Waals surface area contributed by atoms with Crippen LogP contribution in [0.1, 0.15) is 12.8 Å². The van der Waals surface area contributed by atoms with Crippen molar-refractivity contribution < 1.29 is 0 Å². The highest BCUT2D eigenvalue weighted by molar-refractivity contribution is 6.77. The lowest BCUT2D eigenvalue weighted by Crippen LogP contribution is -2.24. The summed E-state index contributed by atoms with van der Waals surface area (Å²) >= 11 is 0. The van der Waals surface area contributed by atoms with Crippen molar-refractivity contribution in [1.82, 2.24) is 0 Å². The Labute approximate surface area is 90.6 Å². The van der Waals surface area contributed by atoms with Crippen LogP contribution in [0.25, 0.3) is 0 Å². The third-order valence-corrected chi connectivity index (χ3v) is 7.68. The van der Waals surface area contributed by atoms with Crippen LogP contribution in [0.2, 0.25) is 50.4 Å². The highest BCUT2D eigenvalue weighted by Gasteiger charge is 2.18. The van der Waals surface area contributed by atoms with Gasteiger partial charge in [-0.3, -0.25) is 0 Å². The first-order chi connectivity index (χ1) is 6.12. The smallest absolute Gasteiger partial charge is 0.0473 e. The van der Waals surface area contributed by atoms with Gasteiger partial charge in [-0.2, -0.15) is 0 Å². The van der Waals surface area contributed by atoms with Crippen LogP contribution < -0.4 is 0 Å². The van der Waals surface area contributed by atoms with E-state index in [1.54, 1.807) is 12.1 Å². The lowest BCUT2D eigenvalue weighted by Gasteiger charge is -2.21. The van der Waals surface area contributed by atoms with E-state index in [-0.39, 0.29) is 0 Å². The predicted molar refractivity (Wildman–Crippen MR) is 69.2 cm³/mol. The first kappa shape index (κ1) is 13.7. The Bertz CT molecular complexity index is 101. The molecule has 0 aromatic rings. The SMILES string of the molecule is C[Si]CCC[Si](C)(C)CCC[Si]C. The molecule has 76 valence electrons. The van der Waals surface area contributed by atoms with Gasteiger partial charge >= 0.3 is 0 Å². The standard InChI is InChI=1S/C10H24Si3/c1-11-7-5-9-13(3,4)10-6-8-12-2/h5-10H2,1-4H3. The zero-order chi connectivity index (χ0) is 10.2. The lowest BCUT2D eigenvalue weighted by atomic mass is 10.6. The van der Waals surface area contributed by atoms with Crippen molar-refractivity contribution in [1.29, 1.82) is 0 Å². The maximum Gasteiger partial charge on any atom is 0.0473 e. The van der Waals surface area contributed by atoms with Crippen LogP contribution in [0.3, 0.4) is 0 Å². The van der Waals surface area contributed by atoms with Crippen LogP contribution in [0.15, 0.2) is 0 Å². The summed E-state index contributed by atoms with van der Waals surface area (Å²) in [7, 11) is 1.57. The minimum absolute atomic E-state index is 0.769. The third kappa shape index (κ3) is 8.97. The van der Waals surface area contributed by atoms with Crippen molar-refractivity contribution in [2.24, 2.45) is 0 Å². The summed E-state index contributed by atoms with van der Waals surface area (Å²) in [6.07, 6.45) is 3.01. The quantitative estimate of drug-likeness (QED) is 0.438. The topological polar surface area (TPSA) is 0 Å². The monoisotopic (exact) mass is 228 g/mol. The maximum atomic E-state index is 2.57. The molecule has 0 amide bonds. The summed E-state index contributed by atoms with van der Waals surface area (Å²) in [4.78, 5) is 0. The van der Waals surface area contributed by atoms with Crippen LogP contribution in [0.4, 0.5) is 0 Å². The van der Waals surface area contributed by atoms with E-state index in [2.05, 4.69) is 26.2 Å². The minimum atomic E-state index is -0.769. The van der Waals surface area contributed by atoms with E-state index in [9.17, 15) is 0 Å². The average Bonchev–Trinajstić information content (AvgIpc) is 2.05. The molecule has 0 aliphatic heterocycles. The fourth-order valence-electron chi connectivity index (χ4n) is 1.61. The lowest BCUT2D eigenvalue weighted by molar-refractivity contribution is 0.973. The molecule has 0 aromatic heterocycles. The van der Waals surface area contributed by atoms with E-state index in [0.29, 0.717) is 0 Å². The van der Waals surface area contributed by atoms with E-state index in [1.807, 2.05) is 0 Å². The van der Waals surface area contributed by atoms with Crippen LogP contribution >= 0.6 is 0 Å². The van der Waals surface area contributed by atoms with Crippen molar-refractivity contribution in [2.45, 2.75) is 63.2 Å². The molecule has 0 aliphatic carbocycles. The van der Waals surface area contributed by atoms with Crippen molar-refractivity contribution in [3.05, 3.63) is 0 Å². The average molecular weight is 229 g/mol. The van der Waals surface area contributed by atoms with Crippen molar-refractivity contribution in [3.8, 4) is 0 Å². The van der Waals surface area contributed by atoms with Gasteiger partial charge < -0.3 is 0 Å². The maximum absolute atomic E-state index is 2.57. The minimum Gasteiger partial charge on any atom is -0.0733 e. The molecule has 0 rings (SSSR count). The molecule has 4 radical (unpaired) electrons. The molecule has 0 spiro atoms. The molecule has 0 unspecified atom stereocenters. The predicted octanol–water partition coefficient (Wildman–Crippen LogP) is 3.82. The fourth-order valence-corrected chi connectivity index (χ4v) is 5.90. The summed E-state index contributed by atoms with van der Waals surface area (Å²) in [5, 5.41) is 0. The number of rotatable bonds is 8. The van der Waals surface area contributed by atoms with E-state index < -0.39 is 8.07 Å². The Kier molecular flexibility index (Phi) is 8.40. The van der Waals surface area contributed by atoms with Gasteiger partial charge in [0.1, 0.15) is 0 Å². The molecule has 3 heteroatoms. The molecule has 0 aliphatic rings. The molecular weight excluding hydrogens is 204 g/mol. The Hall–Kier alpha value is 0.651. The van der Waals surface area contributed by atoms with Gasteiger partial charge in [-0.25, -0.2) is 0 Å². The van der Waals surface area contributed by atoms with Gasteiger partial charge in [0.2, 0.25) is 0 Å². The summed E-state index contributed by atoms with van der Waals surface area (Å²) < 4.78 is 0. The Morgan fingerprint density at radius 1 is 0.846 bits per heavy atom. The Morgan fingerprint density at radius 3 is 1.54 bits per heavy atom. The number of hydrogen-bond acceptors (Lipinski definition) is 0. The highest BCUT2D eigenvalue weighted by atomic mass is 28.3. The Balaban J connectivity index is 3.42. The van der Waals surface area contributed by atoms with Crippen LogP contribution in [-0.2, 0) is 0 Å². The second-order valence-corrected chi connectivity index (χ2v) is 12.3.